The molecule has 0 aromatic heterocycles. The summed E-state index contributed by atoms with van der Waals surface area (Å²) in [7, 11) is 4.04. The van der Waals surface area contributed by atoms with E-state index in [0.29, 0.717) is 0 Å². The van der Waals surface area contributed by atoms with Crippen LogP contribution in [0.2, 0.25) is 5.02 Å². The maximum atomic E-state index is 5.90. The van der Waals surface area contributed by atoms with Gasteiger partial charge in [0, 0.05) is 24.8 Å². The van der Waals surface area contributed by atoms with Crippen LogP contribution in [0.25, 0.3) is 0 Å². The highest BCUT2D eigenvalue weighted by atomic mass is 35.5. The summed E-state index contributed by atoms with van der Waals surface area (Å²) in [5.74, 6) is 5.68. The molecule has 0 amide bonds. The predicted molar refractivity (Wildman–Crippen MR) is 81.4 cm³/mol. The summed E-state index contributed by atoms with van der Waals surface area (Å²) in [6.45, 7) is 0. The van der Waals surface area contributed by atoms with E-state index in [2.05, 4.69) is 34.6 Å². The minimum Gasteiger partial charge on any atom is -0.378 e. The number of hydrogen-bond acceptors (Lipinski definition) is 3. The van der Waals surface area contributed by atoms with Gasteiger partial charge < -0.3 is 4.90 Å². The standard InChI is InChI=1S/C15H18ClN3/c1-19(2)14-9-5-12(6-10-14)15(18-17)11-3-7-13(16)8-4-11/h3-10,15,18H,17H2,1-2H3. The monoisotopic (exact) mass is 275 g/mol. The first-order chi connectivity index (χ1) is 9.11. The first-order valence-corrected chi connectivity index (χ1v) is 6.48. The zero-order chi connectivity index (χ0) is 13.8. The number of hydrazine groups is 1. The molecule has 0 saturated carbocycles. The summed E-state index contributed by atoms with van der Waals surface area (Å²) < 4.78 is 0. The first-order valence-electron chi connectivity index (χ1n) is 6.10. The van der Waals surface area contributed by atoms with Gasteiger partial charge in [-0.05, 0) is 35.4 Å². The lowest BCUT2D eigenvalue weighted by Gasteiger charge is -2.19. The van der Waals surface area contributed by atoms with Gasteiger partial charge in [-0.25, -0.2) is 5.43 Å². The Hall–Kier alpha value is -1.55. The summed E-state index contributed by atoms with van der Waals surface area (Å²) in [5.41, 5.74) is 6.22. The van der Waals surface area contributed by atoms with Crippen molar-refractivity contribution in [2.24, 2.45) is 5.84 Å². The van der Waals surface area contributed by atoms with Gasteiger partial charge in [-0.3, -0.25) is 5.84 Å². The van der Waals surface area contributed by atoms with Crippen LogP contribution in [0.1, 0.15) is 17.2 Å². The third-order valence-electron chi connectivity index (χ3n) is 3.11. The molecular formula is C15H18ClN3. The number of halogens is 1. The van der Waals surface area contributed by atoms with Crippen LogP contribution in [0.4, 0.5) is 5.69 Å². The molecule has 0 spiro atoms. The summed E-state index contributed by atoms with van der Waals surface area (Å²) >= 11 is 5.90. The fourth-order valence-corrected chi connectivity index (χ4v) is 2.13. The van der Waals surface area contributed by atoms with Crippen LogP contribution in [-0.2, 0) is 0 Å². The molecule has 4 heteroatoms. The molecule has 100 valence electrons. The van der Waals surface area contributed by atoms with Crippen LogP contribution in [0.5, 0.6) is 0 Å². The summed E-state index contributed by atoms with van der Waals surface area (Å²) in [4.78, 5) is 2.07. The highest BCUT2D eigenvalue weighted by Crippen LogP contribution is 2.24. The van der Waals surface area contributed by atoms with Gasteiger partial charge >= 0.3 is 0 Å². The third-order valence-corrected chi connectivity index (χ3v) is 3.36. The number of nitrogens with one attached hydrogen (secondary N) is 1. The normalized spacial score (nSPS) is 12.2. The number of anilines is 1. The smallest absolute Gasteiger partial charge is 0.0710 e. The molecule has 0 heterocycles. The van der Waals surface area contributed by atoms with E-state index < -0.39 is 0 Å². The van der Waals surface area contributed by atoms with Crippen LogP contribution in [0.15, 0.2) is 48.5 Å². The lowest BCUT2D eigenvalue weighted by atomic mass is 9.99. The molecule has 0 fully saturated rings. The van der Waals surface area contributed by atoms with E-state index in [1.54, 1.807) is 0 Å². The molecule has 0 saturated heterocycles. The summed E-state index contributed by atoms with van der Waals surface area (Å²) in [6.07, 6.45) is 0. The quantitative estimate of drug-likeness (QED) is 0.666. The molecule has 2 aromatic rings. The zero-order valence-corrected chi connectivity index (χ0v) is 11.9. The van der Waals surface area contributed by atoms with Crippen LogP contribution in [0, 0.1) is 0 Å². The first kappa shape index (κ1) is 13.9. The number of nitrogens with zero attached hydrogens (tertiary/aromatic N) is 1. The molecule has 2 rings (SSSR count). The Balaban J connectivity index is 2.28. The fraction of sp³-hybridized carbons (Fsp3) is 0.200. The molecule has 2 aromatic carbocycles. The van der Waals surface area contributed by atoms with Crippen molar-refractivity contribution in [2.75, 3.05) is 19.0 Å². The van der Waals surface area contributed by atoms with Gasteiger partial charge in [-0.15, -0.1) is 0 Å². The van der Waals surface area contributed by atoms with Gasteiger partial charge in [0.05, 0.1) is 6.04 Å². The van der Waals surface area contributed by atoms with Crippen molar-refractivity contribution in [1.82, 2.24) is 5.43 Å². The summed E-state index contributed by atoms with van der Waals surface area (Å²) in [6, 6.07) is 16.0. The fourth-order valence-electron chi connectivity index (χ4n) is 2.01. The van der Waals surface area contributed by atoms with E-state index in [0.717, 1.165) is 21.8 Å². The molecular weight excluding hydrogens is 258 g/mol. The lowest BCUT2D eigenvalue weighted by Crippen LogP contribution is -2.28. The minimum atomic E-state index is -0.0338. The average molecular weight is 276 g/mol. The Labute approximate surface area is 119 Å². The van der Waals surface area contributed by atoms with Crippen LogP contribution in [0.3, 0.4) is 0 Å². The van der Waals surface area contributed by atoms with Crippen LogP contribution < -0.4 is 16.2 Å². The van der Waals surface area contributed by atoms with Crippen molar-refractivity contribution in [3.8, 4) is 0 Å². The number of nitrogens with two attached hydrogens (primary N) is 1. The van der Waals surface area contributed by atoms with Crippen molar-refractivity contribution < 1.29 is 0 Å². The van der Waals surface area contributed by atoms with Gasteiger partial charge in [0.25, 0.3) is 0 Å². The van der Waals surface area contributed by atoms with Gasteiger partial charge in [-0.2, -0.15) is 0 Å². The number of rotatable bonds is 4. The van der Waals surface area contributed by atoms with E-state index in [4.69, 9.17) is 17.4 Å². The van der Waals surface area contributed by atoms with E-state index >= 15 is 0 Å². The SMILES string of the molecule is CN(C)c1ccc(C(NN)c2ccc(Cl)cc2)cc1. The lowest BCUT2D eigenvalue weighted by molar-refractivity contribution is 0.637. The second kappa shape index (κ2) is 6.06. The van der Waals surface area contributed by atoms with Crippen molar-refractivity contribution in [3.05, 3.63) is 64.7 Å². The van der Waals surface area contributed by atoms with Crippen molar-refractivity contribution in [1.29, 1.82) is 0 Å². The van der Waals surface area contributed by atoms with E-state index in [1.165, 1.54) is 0 Å². The molecule has 0 aliphatic heterocycles. The summed E-state index contributed by atoms with van der Waals surface area (Å²) in [5, 5.41) is 0.725. The van der Waals surface area contributed by atoms with Gasteiger partial charge in [-0.1, -0.05) is 35.9 Å². The Morgan fingerprint density at radius 2 is 1.42 bits per heavy atom. The van der Waals surface area contributed by atoms with Crippen molar-refractivity contribution in [2.45, 2.75) is 6.04 Å². The number of hydrogen-bond donors (Lipinski definition) is 2. The van der Waals surface area contributed by atoms with E-state index in [9.17, 15) is 0 Å². The number of benzene rings is 2. The maximum absolute atomic E-state index is 5.90. The second-order valence-electron chi connectivity index (χ2n) is 4.64. The second-order valence-corrected chi connectivity index (χ2v) is 5.07. The van der Waals surface area contributed by atoms with Crippen molar-refractivity contribution >= 4 is 17.3 Å². The van der Waals surface area contributed by atoms with Gasteiger partial charge in [0.1, 0.15) is 0 Å². The highest BCUT2D eigenvalue weighted by molar-refractivity contribution is 6.30. The molecule has 19 heavy (non-hydrogen) atoms. The molecule has 1 unspecified atom stereocenters. The van der Waals surface area contributed by atoms with E-state index in [1.807, 2.05) is 38.4 Å². The Bertz CT molecular complexity index is 520. The topological polar surface area (TPSA) is 41.3 Å². The molecule has 3 N–H and O–H groups in total. The molecule has 3 nitrogen and oxygen atoms in total. The molecule has 0 aliphatic carbocycles. The highest BCUT2D eigenvalue weighted by Gasteiger charge is 2.12. The Kier molecular flexibility index (Phi) is 4.43. The molecule has 0 aliphatic rings. The third kappa shape index (κ3) is 3.26. The van der Waals surface area contributed by atoms with Gasteiger partial charge in [0.15, 0.2) is 0 Å². The van der Waals surface area contributed by atoms with Gasteiger partial charge in [0.2, 0.25) is 0 Å². The van der Waals surface area contributed by atoms with Crippen LogP contribution >= 0.6 is 11.6 Å². The molecule has 0 bridgehead atoms. The molecule has 1 atom stereocenters. The zero-order valence-electron chi connectivity index (χ0n) is 11.1. The Morgan fingerprint density at radius 1 is 0.947 bits per heavy atom. The Morgan fingerprint density at radius 3 is 1.84 bits per heavy atom. The predicted octanol–water partition coefficient (Wildman–Crippen LogP) is 2.96. The average Bonchev–Trinajstić information content (AvgIpc) is 2.42. The minimum absolute atomic E-state index is 0.0338. The van der Waals surface area contributed by atoms with Crippen molar-refractivity contribution in [3.63, 3.8) is 0 Å². The van der Waals surface area contributed by atoms with E-state index in [-0.39, 0.29) is 6.04 Å². The largest absolute Gasteiger partial charge is 0.378 e. The van der Waals surface area contributed by atoms with Crippen LogP contribution in [-0.4, -0.2) is 14.1 Å². The maximum Gasteiger partial charge on any atom is 0.0710 e. The molecule has 0 radical (unpaired) electrons.